The van der Waals surface area contributed by atoms with Crippen LogP contribution in [0.2, 0.25) is 0 Å². The lowest BCUT2D eigenvalue weighted by molar-refractivity contribution is -0.229. The van der Waals surface area contributed by atoms with Crippen LogP contribution in [0.5, 0.6) is 0 Å². The fraction of sp³-hybridized carbons (Fsp3) is 0.250. The molecule has 3 nitrogen and oxygen atoms in total. The van der Waals surface area contributed by atoms with Crippen LogP contribution < -0.4 is 0 Å². The molecule has 1 N–H and O–H groups in total. The van der Waals surface area contributed by atoms with Gasteiger partial charge in [-0.15, -0.1) is 6.42 Å². The molecule has 37 valence electrons. The van der Waals surface area contributed by atoms with Gasteiger partial charge in [-0.25, -0.2) is 4.89 Å². The van der Waals surface area contributed by atoms with E-state index in [2.05, 4.69) is 11.3 Å². The number of rotatable bonds is 1. The van der Waals surface area contributed by atoms with Gasteiger partial charge in [0.15, 0.2) is 6.57 Å². The lowest BCUT2D eigenvalue weighted by atomic mass is 10.8. The largest absolute Gasteiger partial charge is 0.251 e. The second-order valence-corrected chi connectivity index (χ2v) is 0.478. The Hall–Kier alpha value is -1.03. The molecule has 0 spiro atoms. The van der Waals surface area contributed by atoms with E-state index >= 15 is 0 Å². The Morgan fingerprint density at radius 2 is 2.29 bits per heavy atom. The van der Waals surface area contributed by atoms with Crippen molar-refractivity contribution < 1.29 is 10.1 Å². The highest BCUT2D eigenvalue weighted by atomic mass is 17.1. The van der Waals surface area contributed by atoms with Gasteiger partial charge < -0.3 is 0 Å². The van der Waals surface area contributed by atoms with E-state index in [0.717, 1.165) is 0 Å². The van der Waals surface area contributed by atoms with Crippen molar-refractivity contribution in [3.8, 4) is 12.3 Å². The highest BCUT2D eigenvalue weighted by molar-refractivity contribution is 4.81. The summed E-state index contributed by atoms with van der Waals surface area (Å²) in [5.74, 6) is 2.05. The standard InChI is InChI=1S/C3H4O2.CN/c1-2-3-5-4;1-2/h1,4H,3H2;. The molecule has 0 aromatic heterocycles. The normalized spacial score (nSPS) is 4.86. The van der Waals surface area contributed by atoms with Crippen LogP contribution in [0.4, 0.5) is 0 Å². The third kappa shape index (κ3) is 46.6. The molecule has 0 aliphatic carbocycles. The molecule has 7 heavy (non-hydrogen) atoms. The van der Waals surface area contributed by atoms with E-state index < -0.39 is 0 Å². The first-order chi connectivity index (χ1) is 3.41. The first-order valence-electron chi connectivity index (χ1n) is 1.34. The molecular formula is C4H4NO2. The molecule has 0 aromatic carbocycles. The lowest BCUT2D eigenvalue weighted by Crippen LogP contribution is -1.78. The zero-order valence-corrected chi connectivity index (χ0v) is 3.59. The maximum atomic E-state index is 7.42. The molecule has 0 rings (SSSR count). The van der Waals surface area contributed by atoms with Gasteiger partial charge in [-0.1, -0.05) is 5.92 Å². The van der Waals surface area contributed by atoms with Gasteiger partial charge in [-0.05, 0) is 0 Å². The van der Waals surface area contributed by atoms with E-state index in [-0.39, 0.29) is 6.61 Å². The average Bonchev–Trinajstić information content (AvgIpc) is 1.75. The van der Waals surface area contributed by atoms with Crippen molar-refractivity contribution in [2.75, 3.05) is 6.61 Å². The second-order valence-electron chi connectivity index (χ2n) is 0.478. The minimum atomic E-state index is -0.0278. The topological polar surface area (TPSA) is 53.2 Å². The van der Waals surface area contributed by atoms with Crippen LogP contribution in [-0.4, -0.2) is 11.9 Å². The molecule has 0 aromatic rings. The van der Waals surface area contributed by atoms with E-state index in [4.69, 9.17) is 17.1 Å². The molecule has 0 aliphatic rings. The maximum Gasteiger partial charge on any atom is 0.181 e. The Kier molecular flexibility index (Phi) is 27.0. The van der Waals surface area contributed by atoms with Crippen molar-refractivity contribution in [2.24, 2.45) is 0 Å². The first-order valence-corrected chi connectivity index (χ1v) is 1.34. The van der Waals surface area contributed by atoms with Gasteiger partial charge >= 0.3 is 0 Å². The highest BCUT2D eigenvalue weighted by Gasteiger charge is 1.60. The monoisotopic (exact) mass is 98.0 g/mol. The van der Waals surface area contributed by atoms with Gasteiger partial charge in [0.05, 0.1) is 0 Å². The first kappa shape index (κ1) is 9.36. The number of hydrogen-bond donors (Lipinski definition) is 1. The van der Waals surface area contributed by atoms with Gasteiger partial charge in [-0.2, -0.15) is 5.26 Å². The van der Waals surface area contributed by atoms with Crippen LogP contribution in [0.15, 0.2) is 0 Å². The molecule has 0 fully saturated rings. The average molecular weight is 98.1 g/mol. The number of terminal acetylenes is 1. The van der Waals surface area contributed by atoms with Crippen LogP contribution in [-0.2, 0) is 4.89 Å². The van der Waals surface area contributed by atoms with E-state index in [1.807, 2.05) is 5.92 Å². The van der Waals surface area contributed by atoms with Gasteiger partial charge in [0, 0.05) is 0 Å². The zero-order valence-electron chi connectivity index (χ0n) is 3.59. The summed E-state index contributed by atoms with van der Waals surface area (Å²) in [6.45, 7) is 4.72. The molecule has 0 heterocycles. The zero-order chi connectivity index (χ0) is 6.12. The number of hydrogen-bond acceptors (Lipinski definition) is 3. The summed E-state index contributed by atoms with van der Waals surface area (Å²) >= 11 is 0. The molecule has 0 amide bonds. The lowest BCUT2D eigenvalue weighted by Gasteiger charge is -1.74. The quantitative estimate of drug-likeness (QED) is 0.289. The van der Waals surface area contributed by atoms with E-state index in [1.54, 1.807) is 0 Å². The van der Waals surface area contributed by atoms with Crippen LogP contribution in [0.3, 0.4) is 0 Å². The highest BCUT2D eigenvalue weighted by Crippen LogP contribution is 1.53. The summed E-state index contributed by atoms with van der Waals surface area (Å²) < 4.78 is 0. The van der Waals surface area contributed by atoms with E-state index in [0.29, 0.717) is 0 Å². The summed E-state index contributed by atoms with van der Waals surface area (Å²) in [4.78, 5) is 3.45. The fourth-order valence-electron chi connectivity index (χ4n) is 0.0373. The maximum absolute atomic E-state index is 7.42. The van der Waals surface area contributed by atoms with E-state index in [9.17, 15) is 0 Å². The van der Waals surface area contributed by atoms with Crippen molar-refractivity contribution in [3.05, 3.63) is 6.57 Å². The molecule has 0 unspecified atom stereocenters. The predicted octanol–water partition coefficient (Wildman–Crippen LogP) is 0.206. The van der Waals surface area contributed by atoms with Gasteiger partial charge in [0.2, 0.25) is 0 Å². The van der Waals surface area contributed by atoms with Crippen LogP contribution in [0.1, 0.15) is 0 Å². The molecule has 0 saturated heterocycles. The molecule has 0 saturated carbocycles. The van der Waals surface area contributed by atoms with Crippen molar-refractivity contribution >= 4 is 0 Å². The smallest absolute Gasteiger partial charge is 0.181 e. The van der Waals surface area contributed by atoms with Crippen LogP contribution in [0.25, 0.3) is 0 Å². The van der Waals surface area contributed by atoms with Crippen molar-refractivity contribution in [2.45, 2.75) is 0 Å². The minimum Gasteiger partial charge on any atom is -0.251 e. The second kappa shape index (κ2) is 20.2. The summed E-state index contributed by atoms with van der Waals surface area (Å²) in [5.41, 5.74) is 0. The Morgan fingerprint density at radius 1 is 1.86 bits per heavy atom. The van der Waals surface area contributed by atoms with E-state index in [1.165, 1.54) is 0 Å². The molecular weight excluding hydrogens is 94.0 g/mol. The van der Waals surface area contributed by atoms with Crippen molar-refractivity contribution in [1.29, 1.82) is 5.26 Å². The Bertz CT molecular complexity index is 71.5. The molecule has 0 aliphatic heterocycles. The third-order valence-corrected chi connectivity index (χ3v) is 0.148. The summed E-state index contributed by atoms with van der Waals surface area (Å²) in [5, 5.41) is 13.7. The molecule has 0 atom stereocenters. The summed E-state index contributed by atoms with van der Waals surface area (Å²) in [6, 6.07) is 0. The minimum absolute atomic E-state index is 0.0278. The molecule has 3 heteroatoms. The third-order valence-electron chi connectivity index (χ3n) is 0.148. The fourth-order valence-corrected chi connectivity index (χ4v) is 0.0373. The Labute approximate surface area is 42.1 Å². The summed E-state index contributed by atoms with van der Waals surface area (Å²) in [7, 11) is 0. The van der Waals surface area contributed by atoms with Gasteiger partial charge in [0.25, 0.3) is 0 Å². The molecule has 1 radical (unpaired) electrons. The summed E-state index contributed by atoms with van der Waals surface area (Å²) in [6.07, 6.45) is 4.60. The predicted molar refractivity (Wildman–Crippen MR) is 22.4 cm³/mol. The molecule has 0 bridgehead atoms. The Morgan fingerprint density at radius 3 is 2.29 bits per heavy atom. The SMILES string of the molecule is C#CCOO.[C]#N. The van der Waals surface area contributed by atoms with Gasteiger partial charge in [-0.3, -0.25) is 5.26 Å². The Balaban J connectivity index is 0. The van der Waals surface area contributed by atoms with Crippen molar-refractivity contribution in [3.63, 3.8) is 0 Å². The van der Waals surface area contributed by atoms with Crippen LogP contribution in [0, 0.1) is 24.2 Å². The number of nitrogens with zero attached hydrogens (tertiary/aromatic N) is 1. The van der Waals surface area contributed by atoms with Gasteiger partial charge in [0.1, 0.15) is 6.61 Å². The van der Waals surface area contributed by atoms with Crippen LogP contribution >= 0.6 is 0 Å². The van der Waals surface area contributed by atoms with Crippen molar-refractivity contribution in [1.82, 2.24) is 0 Å².